The standard InChI is InChI=1S/C18H18N2O4.ClH/c21-20(22)16-9-18-17(23-11-24-18)8-13(16)10-19-15-7-3-5-12-4-1-2-6-14(12)15;/h1-2,4,6,8-9,15,19H,3,5,7,10-11H2;1H. The lowest BCUT2D eigenvalue weighted by molar-refractivity contribution is -0.385. The quantitative estimate of drug-likeness (QED) is 0.659. The van der Waals surface area contributed by atoms with Crippen LogP contribution in [0.2, 0.25) is 0 Å². The van der Waals surface area contributed by atoms with Crippen LogP contribution in [-0.2, 0) is 13.0 Å². The Bertz CT molecular complexity index is 797. The summed E-state index contributed by atoms with van der Waals surface area (Å²) in [5, 5.41) is 14.8. The number of benzene rings is 2. The largest absolute Gasteiger partial charge is 0.454 e. The van der Waals surface area contributed by atoms with Crippen molar-refractivity contribution >= 4 is 18.1 Å². The molecule has 7 heteroatoms. The average molecular weight is 363 g/mol. The van der Waals surface area contributed by atoms with Crippen molar-refractivity contribution in [1.82, 2.24) is 5.32 Å². The van der Waals surface area contributed by atoms with Gasteiger partial charge in [0.05, 0.1) is 11.0 Å². The molecule has 2 aliphatic rings. The molecular weight excluding hydrogens is 344 g/mol. The third kappa shape index (κ3) is 3.41. The van der Waals surface area contributed by atoms with Crippen LogP contribution in [-0.4, -0.2) is 11.7 Å². The molecule has 1 heterocycles. The number of nitro groups is 1. The van der Waals surface area contributed by atoms with Gasteiger partial charge < -0.3 is 14.8 Å². The van der Waals surface area contributed by atoms with E-state index in [4.69, 9.17) is 9.47 Å². The zero-order valence-electron chi connectivity index (χ0n) is 13.6. The van der Waals surface area contributed by atoms with Crippen LogP contribution in [0.15, 0.2) is 36.4 Å². The lowest BCUT2D eigenvalue weighted by atomic mass is 9.87. The van der Waals surface area contributed by atoms with Crippen LogP contribution in [0.25, 0.3) is 0 Å². The fraction of sp³-hybridized carbons (Fsp3) is 0.333. The summed E-state index contributed by atoms with van der Waals surface area (Å²) in [6.45, 7) is 0.533. The summed E-state index contributed by atoms with van der Waals surface area (Å²) in [7, 11) is 0. The molecule has 0 bridgehead atoms. The van der Waals surface area contributed by atoms with Crippen LogP contribution in [0.5, 0.6) is 11.5 Å². The van der Waals surface area contributed by atoms with Gasteiger partial charge in [-0.15, -0.1) is 12.4 Å². The van der Waals surface area contributed by atoms with Gasteiger partial charge in [0.2, 0.25) is 6.79 Å². The maximum Gasteiger partial charge on any atom is 0.277 e. The van der Waals surface area contributed by atoms with E-state index in [-0.39, 0.29) is 35.9 Å². The van der Waals surface area contributed by atoms with Gasteiger partial charge in [0.1, 0.15) is 0 Å². The van der Waals surface area contributed by atoms with E-state index in [1.54, 1.807) is 6.07 Å². The summed E-state index contributed by atoms with van der Waals surface area (Å²) in [5.74, 6) is 1.01. The molecule has 0 saturated carbocycles. The fourth-order valence-corrected chi connectivity index (χ4v) is 3.48. The Morgan fingerprint density at radius 2 is 1.96 bits per heavy atom. The highest BCUT2D eigenvalue weighted by molar-refractivity contribution is 5.85. The Labute approximate surface area is 151 Å². The number of ether oxygens (including phenoxy) is 2. The number of nitrogens with zero attached hydrogens (tertiary/aromatic N) is 1. The summed E-state index contributed by atoms with van der Waals surface area (Å²) in [5.41, 5.74) is 3.34. The highest BCUT2D eigenvalue weighted by Crippen LogP contribution is 2.38. The molecular formula is C18H19ClN2O4. The van der Waals surface area contributed by atoms with E-state index in [9.17, 15) is 10.1 Å². The summed E-state index contributed by atoms with van der Waals surface area (Å²) in [6, 6.07) is 11.8. The number of nitrogens with one attached hydrogen (secondary N) is 1. The van der Waals surface area contributed by atoms with Gasteiger partial charge in [0.15, 0.2) is 11.5 Å². The van der Waals surface area contributed by atoms with Gasteiger partial charge in [-0.1, -0.05) is 24.3 Å². The molecule has 0 fully saturated rings. The van der Waals surface area contributed by atoms with Gasteiger partial charge in [-0.05, 0) is 36.5 Å². The third-order valence-electron chi connectivity index (χ3n) is 4.68. The van der Waals surface area contributed by atoms with Crippen LogP contribution >= 0.6 is 12.4 Å². The van der Waals surface area contributed by atoms with Crippen molar-refractivity contribution < 1.29 is 14.4 Å². The lowest BCUT2D eigenvalue weighted by Crippen LogP contribution is -2.25. The van der Waals surface area contributed by atoms with Crippen LogP contribution in [0.4, 0.5) is 5.69 Å². The predicted octanol–water partition coefficient (Wildman–Crippen LogP) is 3.91. The van der Waals surface area contributed by atoms with Crippen molar-refractivity contribution in [3.63, 3.8) is 0 Å². The second kappa shape index (κ2) is 7.29. The molecule has 2 aromatic rings. The summed E-state index contributed by atoms with van der Waals surface area (Å²) >= 11 is 0. The Morgan fingerprint density at radius 1 is 1.20 bits per heavy atom. The number of rotatable bonds is 4. The monoisotopic (exact) mass is 362 g/mol. The highest BCUT2D eigenvalue weighted by Gasteiger charge is 2.25. The first-order valence-electron chi connectivity index (χ1n) is 8.10. The Morgan fingerprint density at radius 3 is 2.76 bits per heavy atom. The van der Waals surface area contributed by atoms with E-state index < -0.39 is 0 Å². The minimum atomic E-state index is -0.367. The van der Waals surface area contributed by atoms with E-state index in [1.807, 2.05) is 6.07 Å². The van der Waals surface area contributed by atoms with E-state index in [2.05, 4.69) is 23.5 Å². The number of aryl methyl sites for hydroxylation is 1. The van der Waals surface area contributed by atoms with Gasteiger partial charge in [0.25, 0.3) is 5.69 Å². The van der Waals surface area contributed by atoms with Gasteiger partial charge in [-0.2, -0.15) is 0 Å². The van der Waals surface area contributed by atoms with Gasteiger partial charge >= 0.3 is 0 Å². The molecule has 0 amide bonds. The molecule has 1 aliphatic carbocycles. The molecule has 25 heavy (non-hydrogen) atoms. The molecule has 1 unspecified atom stereocenters. The molecule has 1 atom stereocenters. The molecule has 6 nitrogen and oxygen atoms in total. The number of fused-ring (bicyclic) bond motifs is 2. The van der Waals surface area contributed by atoms with E-state index in [0.29, 0.717) is 23.6 Å². The fourth-order valence-electron chi connectivity index (χ4n) is 3.48. The molecule has 0 aromatic heterocycles. The van der Waals surface area contributed by atoms with Crippen molar-refractivity contribution in [2.75, 3.05) is 6.79 Å². The van der Waals surface area contributed by atoms with Crippen LogP contribution in [0.3, 0.4) is 0 Å². The lowest BCUT2D eigenvalue weighted by Gasteiger charge is -2.26. The molecule has 2 aromatic carbocycles. The number of halogens is 1. The Balaban J connectivity index is 0.00000182. The number of hydrogen-bond donors (Lipinski definition) is 1. The van der Waals surface area contributed by atoms with Crippen molar-refractivity contribution in [1.29, 1.82) is 0 Å². The number of nitro benzene ring substituents is 1. The van der Waals surface area contributed by atoms with E-state index in [0.717, 1.165) is 19.3 Å². The molecule has 4 rings (SSSR count). The van der Waals surface area contributed by atoms with Crippen molar-refractivity contribution in [2.45, 2.75) is 31.8 Å². The third-order valence-corrected chi connectivity index (χ3v) is 4.68. The Hall–Kier alpha value is -2.31. The smallest absolute Gasteiger partial charge is 0.277 e. The topological polar surface area (TPSA) is 73.6 Å². The van der Waals surface area contributed by atoms with Gasteiger partial charge in [0, 0.05) is 18.2 Å². The second-order valence-electron chi connectivity index (χ2n) is 6.12. The van der Waals surface area contributed by atoms with E-state index >= 15 is 0 Å². The van der Waals surface area contributed by atoms with Crippen molar-refractivity contribution in [2.24, 2.45) is 0 Å². The highest BCUT2D eigenvalue weighted by atomic mass is 35.5. The zero-order valence-corrected chi connectivity index (χ0v) is 14.4. The van der Waals surface area contributed by atoms with Gasteiger partial charge in [-0.25, -0.2) is 0 Å². The SMILES string of the molecule is Cl.O=[N+]([O-])c1cc2c(cc1CNC1CCCc3ccccc31)OCO2. The van der Waals surface area contributed by atoms with Crippen molar-refractivity contribution in [3.8, 4) is 11.5 Å². The first-order chi connectivity index (χ1) is 11.7. The normalized spacial score (nSPS) is 17.5. The van der Waals surface area contributed by atoms with Crippen LogP contribution < -0.4 is 14.8 Å². The molecule has 132 valence electrons. The zero-order chi connectivity index (χ0) is 16.5. The van der Waals surface area contributed by atoms with Gasteiger partial charge in [-0.3, -0.25) is 10.1 Å². The first kappa shape index (κ1) is 17.5. The molecule has 0 radical (unpaired) electrons. The van der Waals surface area contributed by atoms with Crippen LogP contribution in [0, 0.1) is 10.1 Å². The maximum atomic E-state index is 11.4. The first-order valence-corrected chi connectivity index (χ1v) is 8.10. The predicted molar refractivity (Wildman–Crippen MR) is 95.4 cm³/mol. The molecule has 0 spiro atoms. The summed E-state index contributed by atoms with van der Waals surface area (Å²) in [4.78, 5) is 11.0. The summed E-state index contributed by atoms with van der Waals surface area (Å²) < 4.78 is 10.6. The molecule has 1 N–H and O–H groups in total. The number of hydrogen-bond acceptors (Lipinski definition) is 5. The summed E-state index contributed by atoms with van der Waals surface area (Å²) in [6.07, 6.45) is 3.26. The molecule has 0 saturated heterocycles. The minimum absolute atomic E-state index is 0. The molecule has 1 aliphatic heterocycles. The van der Waals surface area contributed by atoms with Crippen molar-refractivity contribution in [3.05, 3.63) is 63.2 Å². The second-order valence-corrected chi connectivity index (χ2v) is 6.12. The average Bonchev–Trinajstić information content (AvgIpc) is 3.06. The minimum Gasteiger partial charge on any atom is -0.454 e. The van der Waals surface area contributed by atoms with Crippen LogP contribution in [0.1, 0.15) is 35.6 Å². The maximum absolute atomic E-state index is 11.4. The van der Waals surface area contributed by atoms with E-state index in [1.165, 1.54) is 17.2 Å². The Kier molecular flexibility index (Phi) is 5.11.